The van der Waals surface area contributed by atoms with Crippen LogP contribution < -0.4 is 5.32 Å². The zero-order chi connectivity index (χ0) is 10.7. The molecule has 0 spiro atoms. The fraction of sp³-hybridized carbons (Fsp3) is 0.100. The summed E-state index contributed by atoms with van der Waals surface area (Å²) in [5.41, 5.74) is 0. The number of thiophene rings is 1. The summed E-state index contributed by atoms with van der Waals surface area (Å²) in [6.07, 6.45) is 0. The SMILES string of the molecule is Brc1csc(CNc2cccc(Br)n2)c1. The molecule has 2 aromatic rings. The fourth-order valence-corrected chi connectivity index (χ4v) is 2.87. The highest BCUT2D eigenvalue weighted by atomic mass is 79.9. The first-order valence-electron chi connectivity index (χ1n) is 4.33. The van der Waals surface area contributed by atoms with Gasteiger partial charge in [0.15, 0.2) is 0 Å². The molecule has 0 saturated heterocycles. The second-order valence-electron chi connectivity index (χ2n) is 2.93. The average molecular weight is 348 g/mol. The number of halogens is 2. The molecule has 2 heterocycles. The molecule has 2 aromatic heterocycles. The smallest absolute Gasteiger partial charge is 0.127 e. The molecule has 0 unspecified atom stereocenters. The van der Waals surface area contributed by atoms with Gasteiger partial charge in [0.2, 0.25) is 0 Å². The summed E-state index contributed by atoms with van der Waals surface area (Å²) in [7, 11) is 0. The molecule has 0 aliphatic heterocycles. The van der Waals surface area contributed by atoms with E-state index < -0.39 is 0 Å². The van der Waals surface area contributed by atoms with Gasteiger partial charge in [0.1, 0.15) is 10.4 Å². The zero-order valence-corrected chi connectivity index (χ0v) is 11.7. The van der Waals surface area contributed by atoms with Crippen molar-refractivity contribution in [1.29, 1.82) is 0 Å². The van der Waals surface area contributed by atoms with Crippen molar-refractivity contribution in [1.82, 2.24) is 4.98 Å². The van der Waals surface area contributed by atoms with Crippen LogP contribution in [0.25, 0.3) is 0 Å². The average Bonchev–Trinajstić information content (AvgIpc) is 2.62. The minimum absolute atomic E-state index is 0.805. The minimum atomic E-state index is 0.805. The lowest BCUT2D eigenvalue weighted by Crippen LogP contribution is -1.99. The first kappa shape index (κ1) is 11.1. The van der Waals surface area contributed by atoms with Crippen LogP contribution in [0.4, 0.5) is 5.82 Å². The Morgan fingerprint density at radius 2 is 2.20 bits per heavy atom. The summed E-state index contributed by atoms with van der Waals surface area (Å²) in [6.45, 7) is 0.805. The van der Waals surface area contributed by atoms with Crippen LogP contribution in [0.2, 0.25) is 0 Å². The van der Waals surface area contributed by atoms with Crippen LogP contribution in [0.3, 0.4) is 0 Å². The zero-order valence-electron chi connectivity index (χ0n) is 7.71. The van der Waals surface area contributed by atoms with Crippen LogP contribution in [-0.2, 0) is 6.54 Å². The summed E-state index contributed by atoms with van der Waals surface area (Å²) >= 11 is 8.49. The molecule has 0 saturated carbocycles. The molecule has 5 heteroatoms. The molecule has 0 atom stereocenters. The van der Waals surface area contributed by atoms with E-state index in [4.69, 9.17) is 0 Å². The standard InChI is InChI=1S/C10H8Br2N2S/c11-7-4-8(15-6-7)5-13-10-3-1-2-9(12)14-10/h1-4,6H,5H2,(H,13,14). The van der Waals surface area contributed by atoms with Gasteiger partial charge in [0.05, 0.1) is 6.54 Å². The molecule has 0 fully saturated rings. The predicted molar refractivity (Wildman–Crippen MR) is 71.3 cm³/mol. The van der Waals surface area contributed by atoms with Gasteiger partial charge in [0.25, 0.3) is 0 Å². The molecule has 0 radical (unpaired) electrons. The van der Waals surface area contributed by atoms with Crippen molar-refractivity contribution in [2.45, 2.75) is 6.54 Å². The van der Waals surface area contributed by atoms with Gasteiger partial charge in [-0.25, -0.2) is 4.98 Å². The van der Waals surface area contributed by atoms with E-state index in [0.29, 0.717) is 0 Å². The molecule has 1 N–H and O–H groups in total. The van der Waals surface area contributed by atoms with Crippen LogP contribution in [0.15, 0.2) is 38.7 Å². The summed E-state index contributed by atoms with van der Waals surface area (Å²) in [5, 5.41) is 5.34. The van der Waals surface area contributed by atoms with Crippen molar-refractivity contribution in [2.24, 2.45) is 0 Å². The maximum Gasteiger partial charge on any atom is 0.127 e. The van der Waals surface area contributed by atoms with Gasteiger partial charge in [0, 0.05) is 14.7 Å². The van der Waals surface area contributed by atoms with Crippen LogP contribution in [0.5, 0.6) is 0 Å². The number of nitrogens with one attached hydrogen (secondary N) is 1. The van der Waals surface area contributed by atoms with E-state index in [1.165, 1.54) is 4.88 Å². The molecule has 15 heavy (non-hydrogen) atoms. The molecular formula is C10H8Br2N2S. The Labute approximate surface area is 109 Å². The van der Waals surface area contributed by atoms with E-state index in [9.17, 15) is 0 Å². The third kappa shape index (κ3) is 3.29. The highest BCUT2D eigenvalue weighted by Crippen LogP contribution is 2.20. The van der Waals surface area contributed by atoms with Crippen LogP contribution in [-0.4, -0.2) is 4.98 Å². The number of pyridine rings is 1. The minimum Gasteiger partial charge on any atom is -0.365 e. The quantitative estimate of drug-likeness (QED) is 0.838. The molecule has 2 nitrogen and oxygen atoms in total. The lowest BCUT2D eigenvalue weighted by atomic mass is 10.4. The van der Waals surface area contributed by atoms with Gasteiger partial charge >= 0.3 is 0 Å². The van der Waals surface area contributed by atoms with Crippen molar-refractivity contribution in [2.75, 3.05) is 5.32 Å². The molecule has 78 valence electrons. The number of hydrogen-bond acceptors (Lipinski definition) is 3. The summed E-state index contributed by atoms with van der Waals surface area (Å²) in [6, 6.07) is 7.93. The van der Waals surface area contributed by atoms with Gasteiger partial charge in [-0.05, 0) is 50.1 Å². The van der Waals surface area contributed by atoms with Crippen molar-refractivity contribution >= 4 is 49.0 Å². The third-order valence-corrected chi connectivity index (χ3v) is 3.92. The van der Waals surface area contributed by atoms with Gasteiger partial charge < -0.3 is 5.32 Å². The van der Waals surface area contributed by atoms with Gasteiger partial charge in [-0.2, -0.15) is 0 Å². The lowest BCUT2D eigenvalue weighted by molar-refractivity contribution is 1.13. The maximum absolute atomic E-state index is 4.29. The van der Waals surface area contributed by atoms with Crippen LogP contribution in [0, 0.1) is 0 Å². The monoisotopic (exact) mass is 346 g/mol. The van der Waals surface area contributed by atoms with E-state index in [2.05, 4.69) is 53.6 Å². The van der Waals surface area contributed by atoms with Gasteiger partial charge in [-0.1, -0.05) is 6.07 Å². The predicted octanol–water partition coefficient (Wildman–Crippen LogP) is 4.28. The summed E-state index contributed by atoms with van der Waals surface area (Å²) in [5.74, 6) is 0.883. The molecule has 0 aliphatic rings. The summed E-state index contributed by atoms with van der Waals surface area (Å²) < 4.78 is 1.98. The van der Waals surface area contributed by atoms with Gasteiger partial charge in [-0.15, -0.1) is 11.3 Å². The second kappa shape index (κ2) is 5.09. The largest absolute Gasteiger partial charge is 0.365 e. The third-order valence-electron chi connectivity index (χ3n) is 1.78. The van der Waals surface area contributed by atoms with E-state index >= 15 is 0 Å². The summed E-state index contributed by atoms with van der Waals surface area (Å²) in [4.78, 5) is 5.57. The fourth-order valence-electron chi connectivity index (χ4n) is 1.13. The maximum atomic E-state index is 4.29. The van der Waals surface area contributed by atoms with Gasteiger partial charge in [-0.3, -0.25) is 0 Å². The van der Waals surface area contributed by atoms with E-state index in [1.807, 2.05) is 18.2 Å². The Balaban J connectivity index is 1.99. The first-order valence-corrected chi connectivity index (χ1v) is 6.80. The number of aromatic nitrogens is 1. The van der Waals surface area contributed by atoms with E-state index in [1.54, 1.807) is 11.3 Å². The number of rotatable bonds is 3. The van der Waals surface area contributed by atoms with E-state index in [-0.39, 0.29) is 0 Å². The number of hydrogen-bond donors (Lipinski definition) is 1. The highest BCUT2D eigenvalue weighted by Gasteiger charge is 1.98. The molecule has 2 rings (SSSR count). The van der Waals surface area contributed by atoms with Crippen molar-refractivity contribution in [3.63, 3.8) is 0 Å². The Bertz CT molecular complexity index is 456. The Hall–Kier alpha value is -0.390. The Morgan fingerprint density at radius 1 is 1.33 bits per heavy atom. The molecule has 0 amide bonds. The van der Waals surface area contributed by atoms with Crippen molar-refractivity contribution in [3.05, 3.63) is 43.6 Å². The normalized spacial score (nSPS) is 10.3. The van der Waals surface area contributed by atoms with Crippen molar-refractivity contribution in [3.8, 4) is 0 Å². The Morgan fingerprint density at radius 3 is 2.87 bits per heavy atom. The molecular weight excluding hydrogens is 340 g/mol. The topological polar surface area (TPSA) is 24.9 Å². The first-order chi connectivity index (χ1) is 7.24. The Kier molecular flexibility index (Phi) is 3.77. The molecule has 0 bridgehead atoms. The van der Waals surface area contributed by atoms with E-state index in [0.717, 1.165) is 21.4 Å². The lowest BCUT2D eigenvalue weighted by Gasteiger charge is -2.03. The number of nitrogens with zero attached hydrogens (tertiary/aromatic N) is 1. The highest BCUT2D eigenvalue weighted by molar-refractivity contribution is 9.10. The second-order valence-corrected chi connectivity index (χ2v) is 5.65. The van der Waals surface area contributed by atoms with Crippen LogP contribution in [0.1, 0.15) is 4.88 Å². The molecule has 0 aromatic carbocycles. The number of anilines is 1. The van der Waals surface area contributed by atoms with Crippen LogP contribution >= 0.6 is 43.2 Å². The molecule has 0 aliphatic carbocycles. The van der Waals surface area contributed by atoms with Crippen molar-refractivity contribution < 1.29 is 0 Å².